The average molecular weight is 250 g/mol. The molecule has 0 spiro atoms. The molecule has 0 amide bonds. The number of ether oxygens (including phenoxy) is 2. The lowest BCUT2D eigenvalue weighted by Crippen LogP contribution is -2.34. The van der Waals surface area contributed by atoms with Gasteiger partial charge in [-0.15, -0.1) is 0 Å². The molecule has 2 rings (SSSR count). The van der Waals surface area contributed by atoms with Crippen LogP contribution in [0.2, 0.25) is 0 Å². The van der Waals surface area contributed by atoms with E-state index in [-0.39, 0.29) is 6.04 Å². The van der Waals surface area contributed by atoms with Crippen molar-refractivity contribution in [2.45, 2.75) is 25.0 Å². The van der Waals surface area contributed by atoms with Crippen molar-refractivity contribution in [1.29, 1.82) is 0 Å². The van der Waals surface area contributed by atoms with Gasteiger partial charge < -0.3 is 20.5 Å². The second-order valence-electron chi connectivity index (χ2n) is 4.61. The van der Waals surface area contributed by atoms with Gasteiger partial charge in [0.25, 0.3) is 0 Å². The minimum Gasteiger partial charge on any atom is -0.497 e. The van der Waals surface area contributed by atoms with Crippen molar-refractivity contribution < 1.29 is 9.47 Å². The highest BCUT2D eigenvalue weighted by Gasteiger charge is 2.17. The Hall–Kier alpha value is -1.10. The highest BCUT2D eigenvalue weighted by molar-refractivity contribution is 5.30. The van der Waals surface area contributed by atoms with Crippen LogP contribution in [0.3, 0.4) is 0 Å². The van der Waals surface area contributed by atoms with E-state index in [0.29, 0.717) is 12.6 Å². The summed E-state index contributed by atoms with van der Waals surface area (Å²) in [4.78, 5) is 0. The summed E-state index contributed by atoms with van der Waals surface area (Å²) >= 11 is 0. The fourth-order valence-corrected chi connectivity index (χ4v) is 2.27. The van der Waals surface area contributed by atoms with Crippen LogP contribution in [-0.4, -0.2) is 32.9 Å². The molecule has 0 radical (unpaired) electrons. The molecule has 0 saturated carbocycles. The molecule has 2 unspecified atom stereocenters. The first-order valence-electron chi connectivity index (χ1n) is 6.52. The Labute approximate surface area is 108 Å². The Bertz CT molecular complexity index is 365. The number of nitrogens with one attached hydrogen (secondary N) is 1. The third-order valence-electron chi connectivity index (χ3n) is 3.35. The fourth-order valence-electron chi connectivity index (χ4n) is 2.27. The van der Waals surface area contributed by atoms with E-state index in [1.54, 1.807) is 7.11 Å². The molecule has 0 bridgehead atoms. The molecular weight excluding hydrogens is 228 g/mol. The molecule has 4 nitrogen and oxygen atoms in total. The highest BCUT2D eigenvalue weighted by atomic mass is 16.5. The molecule has 100 valence electrons. The summed E-state index contributed by atoms with van der Waals surface area (Å²) in [5.74, 6) is 0.866. The van der Waals surface area contributed by atoms with Crippen LogP contribution in [0.5, 0.6) is 5.75 Å². The van der Waals surface area contributed by atoms with Gasteiger partial charge in [0.05, 0.1) is 13.2 Å². The van der Waals surface area contributed by atoms with Crippen molar-refractivity contribution in [3.63, 3.8) is 0 Å². The summed E-state index contributed by atoms with van der Waals surface area (Å²) in [6, 6.07) is 8.19. The van der Waals surface area contributed by atoms with Gasteiger partial charge in [0.15, 0.2) is 0 Å². The molecule has 3 N–H and O–H groups in total. The van der Waals surface area contributed by atoms with Crippen molar-refractivity contribution in [3.05, 3.63) is 29.8 Å². The zero-order valence-corrected chi connectivity index (χ0v) is 10.9. The minimum atomic E-state index is 0.157. The van der Waals surface area contributed by atoms with Crippen molar-refractivity contribution in [2.24, 2.45) is 5.73 Å². The Morgan fingerprint density at radius 3 is 3.11 bits per heavy atom. The van der Waals surface area contributed by atoms with E-state index in [4.69, 9.17) is 15.2 Å². The number of rotatable bonds is 6. The first-order valence-corrected chi connectivity index (χ1v) is 6.52. The zero-order valence-electron chi connectivity index (χ0n) is 10.9. The molecule has 1 aliphatic rings. The van der Waals surface area contributed by atoms with Gasteiger partial charge >= 0.3 is 0 Å². The molecule has 0 aliphatic carbocycles. The number of hydrogen-bond acceptors (Lipinski definition) is 4. The number of benzene rings is 1. The molecule has 18 heavy (non-hydrogen) atoms. The minimum absolute atomic E-state index is 0.157. The van der Waals surface area contributed by atoms with Crippen LogP contribution in [0.4, 0.5) is 0 Å². The van der Waals surface area contributed by atoms with Gasteiger partial charge in [-0.25, -0.2) is 0 Å². The maximum absolute atomic E-state index is 5.84. The van der Waals surface area contributed by atoms with Gasteiger partial charge in [0, 0.05) is 25.7 Å². The van der Waals surface area contributed by atoms with Gasteiger partial charge in [-0.3, -0.25) is 0 Å². The quantitative estimate of drug-likeness (QED) is 0.802. The van der Waals surface area contributed by atoms with Crippen LogP contribution in [0.15, 0.2) is 24.3 Å². The van der Waals surface area contributed by atoms with Crippen LogP contribution in [0.1, 0.15) is 24.4 Å². The predicted molar refractivity (Wildman–Crippen MR) is 71.8 cm³/mol. The molecule has 4 heteroatoms. The lowest BCUT2D eigenvalue weighted by Gasteiger charge is -2.20. The SMILES string of the molecule is COc1cccc(C(CN)NCC2CCCO2)c1. The summed E-state index contributed by atoms with van der Waals surface area (Å²) < 4.78 is 10.8. The van der Waals surface area contributed by atoms with Gasteiger partial charge in [-0.2, -0.15) is 0 Å². The number of methoxy groups -OCH3 is 1. The second-order valence-corrected chi connectivity index (χ2v) is 4.61. The van der Waals surface area contributed by atoms with E-state index >= 15 is 0 Å². The standard InChI is InChI=1S/C14H22N2O2/c1-17-12-5-2-4-11(8-12)14(9-15)16-10-13-6-3-7-18-13/h2,4-5,8,13-14,16H,3,6-7,9-10,15H2,1H3. The first kappa shape index (κ1) is 13.3. The maximum Gasteiger partial charge on any atom is 0.119 e. The van der Waals surface area contributed by atoms with Crippen molar-refractivity contribution in [3.8, 4) is 5.75 Å². The molecule has 1 fully saturated rings. The van der Waals surface area contributed by atoms with Crippen LogP contribution >= 0.6 is 0 Å². The van der Waals surface area contributed by atoms with Crippen molar-refractivity contribution in [1.82, 2.24) is 5.32 Å². The average Bonchev–Trinajstić information content (AvgIpc) is 2.93. The third kappa shape index (κ3) is 3.45. The predicted octanol–water partition coefficient (Wildman–Crippen LogP) is 1.46. The normalized spacial score (nSPS) is 20.9. The van der Waals surface area contributed by atoms with Gasteiger partial charge in [-0.05, 0) is 30.5 Å². The van der Waals surface area contributed by atoms with E-state index < -0.39 is 0 Å². The van der Waals surface area contributed by atoms with Gasteiger partial charge in [0.1, 0.15) is 5.75 Å². The van der Waals surface area contributed by atoms with Gasteiger partial charge in [0.2, 0.25) is 0 Å². The topological polar surface area (TPSA) is 56.5 Å². The Kier molecular flexibility index (Phi) is 4.99. The van der Waals surface area contributed by atoms with E-state index in [9.17, 15) is 0 Å². The molecule has 2 atom stereocenters. The molecule has 1 aromatic rings. The van der Waals surface area contributed by atoms with E-state index in [1.165, 1.54) is 6.42 Å². The number of nitrogens with two attached hydrogens (primary N) is 1. The maximum atomic E-state index is 5.84. The van der Waals surface area contributed by atoms with Crippen molar-refractivity contribution in [2.75, 3.05) is 26.8 Å². The summed E-state index contributed by atoms with van der Waals surface area (Å²) in [6.07, 6.45) is 2.64. The summed E-state index contributed by atoms with van der Waals surface area (Å²) in [6.45, 7) is 2.32. The number of hydrogen-bond donors (Lipinski definition) is 2. The second kappa shape index (κ2) is 6.73. The van der Waals surface area contributed by atoms with Gasteiger partial charge in [-0.1, -0.05) is 12.1 Å². The summed E-state index contributed by atoms with van der Waals surface area (Å²) in [5.41, 5.74) is 7.00. The monoisotopic (exact) mass is 250 g/mol. The summed E-state index contributed by atoms with van der Waals surface area (Å²) in [7, 11) is 1.68. The zero-order chi connectivity index (χ0) is 12.8. The lowest BCUT2D eigenvalue weighted by atomic mass is 10.1. The Morgan fingerprint density at radius 2 is 2.44 bits per heavy atom. The third-order valence-corrected chi connectivity index (χ3v) is 3.35. The smallest absolute Gasteiger partial charge is 0.119 e. The fraction of sp³-hybridized carbons (Fsp3) is 0.571. The summed E-state index contributed by atoms with van der Waals surface area (Å²) in [5, 5.41) is 3.47. The van der Waals surface area contributed by atoms with E-state index in [1.807, 2.05) is 18.2 Å². The Morgan fingerprint density at radius 1 is 1.56 bits per heavy atom. The van der Waals surface area contributed by atoms with Crippen LogP contribution in [-0.2, 0) is 4.74 Å². The highest BCUT2D eigenvalue weighted by Crippen LogP contribution is 2.19. The van der Waals surface area contributed by atoms with Crippen LogP contribution < -0.4 is 15.8 Å². The van der Waals surface area contributed by atoms with E-state index in [0.717, 1.165) is 30.9 Å². The lowest BCUT2D eigenvalue weighted by molar-refractivity contribution is 0.107. The van der Waals surface area contributed by atoms with Crippen LogP contribution in [0.25, 0.3) is 0 Å². The largest absolute Gasteiger partial charge is 0.497 e. The molecular formula is C14H22N2O2. The molecule has 1 saturated heterocycles. The molecule has 1 aliphatic heterocycles. The van der Waals surface area contributed by atoms with E-state index in [2.05, 4.69) is 11.4 Å². The molecule has 1 heterocycles. The van der Waals surface area contributed by atoms with Crippen LogP contribution in [0, 0.1) is 0 Å². The van der Waals surface area contributed by atoms with Crippen molar-refractivity contribution >= 4 is 0 Å². The molecule has 0 aromatic heterocycles. The molecule has 1 aromatic carbocycles. The Balaban J connectivity index is 1.93. The first-order chi connectivity index (χ1) is 8.83.